The minimum absolute atomic E-state index is 0.0550. The van der Waals surface area contributed by atoms with Gasteiger partial charge in [-0.05, 0) is 26.7 Å². The first-order valence-electron chi connectivity index (χ1n) is 8.31. The Hall–Kier alpha value is -1.45. The number of rotatable bonds is 5. The summed E-state index contributed by atoms with van der Waals surface area (Å²) in [4.78, 5) is 12.5. The van der Waals surface area contributed by atoms with Crippen LogP contribution >= 0.6 is 0 Å². The van der Waals surface area contributed by atoms with Crippen LogP contribution in [0.4, 0.5) is 0 Å². The van der Waals surface area contributed by atoms with Gasteiger partial charge in [-0.25, -0.2) is 8.42 Å². The maximum Gasteiger partial charge on any atom is 0.248 e. The van der Waals surface area contributed by atoms with Crippen molar-refractivity contribution in [3.8, 4) is 0 Å². The van der Waals surface area contributed by atoms with Crippen LogP contribution in [0.5, 0.6) is 0 Å². The third-order valence-electron chi connectivity index (χ3n) is 4.75. The average Bonchev–Trinajstić information content (AvgIpc) is 2.85. The number of nitrogens with one attached hydrogen (secondary N) is 2. The zero-order valence-electron chi connectivity index (χ0n) is 14.0. The zero-order valence-corrected chi connectivity index (χ0v) is 14.9. The molecule has 24 heavy (non-hydrogen) atoms. The molecule has 0 aliphatic carbocycles. The Morgan fingerprint density at radius 2 is 2.17 bits per heavy atom. The predicted molar refractivity (Wildman–Crippen MR) is 86.8 cm³/mol. The fourth-order valence-electron chi connectivity index (χ4n) is 3.23. The van der Waals surface area contributed by atoms with Crippen LogP contribution < -0.4 is 10.6 Å². The van der Waals surface area contributed by atoms with Crippen LogP contribution in [-0.2, 0) is 14.8 Å². The minimum Gasteiger partial charge on any atom is -0.360 e. The normalized spacial score (nSPS) is 23.0. The van der Waals surface area contributed by atoms with Crippen LogP contribution in [0.15, 0.2) is 9.42 Å². The Morgan fingerprint density at radius 1 is 1.42 bits per heavy atom. The lowest BCUT2D eigenvalue weighted by Crippen LogP contribution is -2.50. The number of carbonyl (C=O) groups excluding carboxylic acids is 1. The zero-order chi connectivity index (χ0) is 17.3. The molecule has 0 spiro atoms. The van der Waals surface area contributed by atoms with Gasteiger partial charge in [0.2, 0.25) is 15.9 Å². The van der Waals surface area contributed by atoms with Crippen molar-refractivity contribution in [2.45, 2.75) is 31.6 Å². The highest BCUT2D eigenvalue weighted by molar-refractivity contribution is 7.89. The molecule has 0 saturated carbocycles. The minimum atomic E-state index is -3.68. The highest BCUT2D eigenvalue weighted by Gasteiger charge is 2.36. The van der Waals surface area contributed by atoms with Gasteiger partial charge in [-0.15, -0.1) is 0 Å². The Kier molecular flexibility index (Phi) is 4.93. The molecule has 9 heteroatoms. The fourth-order valence-corrected chi connectivity index (χ4v) is 5.04. The van der Waals surface area contributed by atoms with E-state index in [4.69, 9.17) is 4.52 Å². The molecule has 3 rings (SSSR count). The van der Waals surface area contributed by atoms with Crippen molar-refractivity contribution in [1.29, 1.82) is 0 Å². The van der Waals surface area contributed by atoms with Crippen LogP contribution in [0, 0.1) is 25.7 Å². The maximum absolute atomic E-state index is 12.9. The molecular weight excluding hydrogens is 332 g/mol. The van der Waals surface area contributed by atoms with E-state index < -0.39 is 10.0 Å². The number of carbonyl (C=O) groups is 1. The summed E-state index contributed by atoms with van der Waals surface area (Å²) in [5.41, 5.74) is 0.358. The summed E-state index contributed by atoms with van der Waals surface area (Å²) in [6.07, 6.45) is 1.38. The van der Waals surface area contributed by atoms with Gasteiger partial charge >= 0.3 is 0 Å². The van der Waals surface area contributed by atoms with Crippen molar-refractivity contribution in [1.82, 2.24) is 20.1 Å². The Bertz CT molecular complexity index is 692. The van der Waals surface area contributed by atoms with Crippen LogP contribution in [0.25, 0.3) is 0 Å². The van der Waals surface area contributed by atoms with Crippen molar-refractivity contribution in [2.24, 2.45) is 11.8 Å². The predicted octanol–water partition coefficient (Wildman–Crippen LogP) is 0.0277. The van der Waals surface area contributed by atoms with E-state index >= 15 is 0 Å². The lowest BCUT2D eigenvalue weighted by molar-refractivity contribution is -0.126. The molecule has 1 aromatic rings. The van der Waals surface area contributed by atoms with Crippen molar-refractivity contribution in [3.05, 3.63) is 11.5 Å². The smallest absolute Gasteiger partial charge is 0.248 e. The average molecular weight is 356 g/mol. The van der Waals surface area contributed by atoms with Crippen molar-refractivity contribution < 1.29 is 17.7 Å². The molecule has 2 saturated heterocycles. The molecule has 0 aromatic carbocycles. The van der Waals surface area contributed by atoms with Crippen LogP contribution in [0.3, 0.4) is 0 Å². The summed E-state index contributed by atoms with van der Waals surface area (Å²) in [5, 5.41) is 9.85. The molecule has 8 nitrogen and oxygen atoms in total. The molecule has 2 aliphatic heterocycles. The molecule has 134 valence electrons. The first-order valence-corrected chi connectivity index (χ1v) is 9.75. The third kappa shape index (κ3) is 3.33. The Morgan fingerprint density at radius 3 is 2.75 bits per heavy atom. The van der Waals surface area contributed by atoms with Crippen LogP contribution in [-0.4, -0.2) is 56.5 Å². The molecule has 2 N–H and O–H groups in total. The van der Waals surface area contributed by atoms with E-state index in [-0.39, 0.29) is 29.0 Å². The second-order valence-corrected chi connectivity index (χ2v) is 8.50. The largest absolute Gasteiger partial charge is 0.360 e. The maximum atomic E-state index is 12.9. The monoisotopic (exact) mass is 356 g/mol. The first kappa shape index (κ1) is 17.4. The number of piperidine rings is 1. The Labute approximate surface area is 142 Å². The number of sulfonamides is 1. The number of hydrogen-bond donors (Lipinski definition) is 2. The molecule has 1 unspecified atom stereocenters. The number of aromatic nitrogens is 1. The van der Waals surface area contributed by atoms with Gasteiger partial charge in [-0.1, -0.05) is 5.16 Å². The molecule has 2 fully saturated rings. The second-order valence-electron chi connectivity index (χ2n) is 6.62. The summed E-state index contributed by atoms with van der Waals surface area (Å²) in [6.45, 7) is 6.34. The number of nitrogens with zero attached hydrogens (tertiary/aromatic N) is 2. The molecular formula is C15H24N4O4S. The van der Waals surface area contributed by atoms with Gasteiger partial charge in [-0.3, -0.25) is 4.79 Å². The summed E-state index contributed by atoms with van der Waals surface area (Å²) in [7, 11) is -3.68. The lowest BCUT2D eigenvalue weighted by Gasteiger charge is -2.32. The molecule has 1 atom stereocenters. The lowest BCUT2D eigenvalue weighted by atomic mass is 9.98. The van der Waals surface area contributed by atoms with E-state index in [1.54, 1.807) is 13.8 Å². The van der Waals surface area contributed by atoms with E-state index in [0.717, 1.165) is 13.1 Å². The molecule has 1 amide bonds. The van der Waals surface area contributed by atoms with Crippen LogP contribution in [0.1, 0.15) is 24.3 Å². The molecule has 0 radical (unpaired) electrons. The second kappa shape index (κ2) is 6.81. The summed E-state index contributed by atoms with van der Waals surface area (Å²) in [5.74, 6) is 0.416. The van der Waals surface area contributed by atoms with Gasteiger partial charge in [0.05, 0.1) is 5.92 Å². The van der Waals surface area contributed by atoms with Crippen LogP contribution in [0.2, 0.25) is 0 Å². The molecule has 0 bridgehead atoms. The van der Waals surface area contributed by atoms with Crippen molar-refractivity contribution >= 4 is 15.9 Å². The first-order chi connectivity index (χ1) is 11.4. The quantitative estimate of drug-likeness (QED) is 0.771. The SMILES string of the molecule is Cc1noc(C)c1S(=O)(=O)N1CCCC(C(=O)NCC2CNC2)C1. The van der Waals surface area contributed by atoms with E-state index in [2.05, 4.69) is 15.8 Å². The van der Waals surface area contributed by atoms with E-state index in [1.165, 1.54) is 4.31 Å². The van der Waals surface area contributed by atoms with E-state index in [9.17, 15) is 13.2 Å². The standard InChI is InChI=1S/C15H24N4O4S/c1-10-14(11(2)23-18-10)24(21,22)19-5-3-4-13(9-19)15(20)17-8-12-6-16-7-12/h12-13,16H,3-9H2,1-2H3,(H,17,20). The molecule has 1 aromatic heterocycles. The van der Waals surface area contributed by atoms with Gasteiger partial charge in [0.25, 0.3) is 0 Å². The Balaban J connectivity index is 1.67. The van der Waals surface area contributed by atoms with E-state index in [1.807, 2.05) is 0 Å². The summed E-state index contributed by atoms with van der Waals surface area (Å²) < 4.78 is 32.1. The summed E-state index contributed by atoms with van der Waals surface area (Å²) in [6, 6.07) is 0. The number of aryl methyl sites for hydroxylation is 2. The van der Waals surface area contributed by atoms with Crippen molar-refractivity contribution in [2.75, 3.05) is 32.7 Å². The van der Waals surface area contributed by atoms with Gasteiger partial charge in [0.1, 0.15) is 10.6 Å². The highest BCUT2D eigenvalue weighted by atomic mass is 32.2. The molecule has 2 aliphatic rings. The summed E-state index contributed by atoms with van der Waals surface area (Å²) >= 11 is 0. The van der Waals surface area contributed by atoms with E-state index in [0.29, 0.717) is 37.5 Å². The van der Waals surface area contributed by atoms with Gasteiger partial charge in [0.15, 0.2) is 5.76 Å². The van der Waals surface area contributed by atoms with Gasteiger partial charge < -0.3 is 15.2 Å². The number of amides is 1. The molecule has 3 heterocycles. The fraction of sp³-hybridized carbons (Fsp3) is 0.733. The third-order valence-corrected chi connectivity index (χ3v) is 6.86. The number of hydrogen-bond acceptors (Lipinski definition) is 6. The highest BCUT2D eigenvalue weighted by Crippen LogP contribution is 2.27. The van der Waals surface area contributed by atoms with Gasteiger partial charge in [0, 0.05) is 38.6 Å². The van der Waals surface area contributed by atoms with Gasteiger partial charge in [-0.2, -0.15) is 4.31 Å². The topological polar surface area (TPSA) is 105 Å². The van der Waals surface area contributed by atoms with Crippen molar-refractivity contribution in [3.63, 3.8) is 0 Å².